The summed E-state index contributed by atoms with van der Waals surface area (Å²) in [4.78, 5) is 20.3. The molecule has 0 radical (unpaired) electrons. The number of nitrogens with one attached hydrogen (secondary N) is 1. The van der Waals surface area contributed by atoms with Gasteiger partial charge in [0.05, 0.1) is 0 Å². The monoisotopic (exact) mass is 408 g/mol. The first-order chi connectivity index (χ1) is 15.1. The van der Waals surface area contributed by atoms with Crippen molar-refractivity contribution in [2.45, 2.75) is 31.3 Å². The van der Waals surface area contributed by atoms with E-state index in [1.54, 1.807) is 12.4 Å². The number of aromatic nitrogens is 2. The van der Waals surface area contributed by atoms with E-state index in [1.165, 1.54) is 5.56 Å². The summed E-state index contributed by atoms with van der Waals surface area (Å²) in [5.74, 6) is 1.83. The molecule has 1 aliphatic carbocycles. The number of benzene rings is 3. The van der Waals surface area contributed by atoms with Gasteiger partial charge in [0.2, 0.25) is 0 Å². The van der Waals surface area contributed by atoms with Crippen LogP contribution in [0, 0.1) is 0 Å². The molecular formula is C27H24N2O2. The van der Waals surface area contributed by atoms with Crippen LogP contribution in [-0.2, 0) is 5.60 Å². The summed E-state index contributed by atoms with van der Waals surface area (Å²) in [5.41, 5.74) is 3.27. The summed E-state index contributed by atoms with van der Waals surface area (Å²) in [6, 6.07) is 26.3. The van der Waals surface area contributed by atoms with Crippen molar-refractivity contribution in [3.05, 3.63) is 119 Å². The maximum absolute atomic E-state index is 12.6. The largest absolute Gasteiger partial charge is 0.475 e. The maximum Gasteiger partial charge on any atom is 0.188 e. The van der Waals surface area contributed by atoms with Gasteiger partial charge in [-0.25, -0.2) is 4.98 Å². The van der Waals surface area contributed by atoms with Gasteiger partial charge in [-0.05, 0) is 42.7 Å². The second kappa shape index (κ2) is 7.88. The SMILES string of the molecule is CC(Oc1ccc2c(c1)C(c1ccccc1)CCC2=O)(c1ccccc1)c1ncc[nH]1. The summed E-state index contributed by atoms with van der Waals surface area (Å²) < 4.78 is 6.61. The van der Waals surface area contributed by atoms with Crippen molar-refractivity contribution in [3.63, 3.8) is 0 Å². The van der Waals surface area contributed by atoms with Gasteiger partial charge in [0.25, 0.3) is 0 Å². The lowest BCUT2D eigenvalue weighted by Gasteiger charge is -2.31. The Labute approximate surface area is 181 Å². The van der Waals surface area contributed by atoms with Crippen LogP contribution in [-0.4, -0.2) is 15.8 Å². The summed E-state index contributed by atoms with van der Waals surface area (Å²) in [7, 11) is 0. The minimum Gasteiger partial charge on any atom is -0.475 e. The van der Waals surface area contributed by atoms with Crippen molar-refractivity contribution in [3.8, 4) is 5.75 Å². The van der Waals surface area contributed by atoms with Crippen LogP contribution in [0.3, 0.4) is 0 Å². The summed E-state index contributed by atoms with van der Waals surface area (Å²) in [5, 5.41) is 0. The number of hydrogen-bond acceptors (Lipinski definition) is 3. The lowest BCUT2D eigenvalue weighted by Crippen LogP contribution is -2.32. The number of hydrogen-bond donors (Lipinski definition) is 1. The molecule has 0 fully saturated rings. The van der Waals surface area contributed by atoms with Gasteiger partial charge in [0.15, 0.2) is 17.2 Å². The fourth-order valence-corrected chi connectivity index (χ4v) is 4.51. The Morgan fingerprint density at radius 2 is 1.74 bits per heavy atom. The van der Waals surface area contributed by atoms with Crippen molar-refractivity contribution in [1.29, 1.82) is 0 Å². The highest BCUT2D eigenvalue weighted by molar-refractivity contribution is 5.99. The molecule has 31 heavy (non-hydrogen) atoms. The van der Waals surface area contributed by atoms with Crippen LogP contribution in [0.5, 0.6) is 5.75 Å². The Morgan fingerprint density at radius 3 is 2.45 bits per heavy atom. The number of fused-ring (bicyclic) bond motifs is 1. The predicted octanol–water partition coefficient (Wildman–Crippen LogP) is 5.86. The third-order valence-electron chi connectivity index (χ3n) is 6.16. The van der Waals surface area contributed by atoms with E-state index in [9.17, 15) is 4.79 Å². The number of rotatable bonds is 5. The molecular weight excluding hydrogens is 384 g/mol. The highest BCUT2D eigenvalue weighted by atomic mass is 16.5. The number of ether oxygens (including phenoxy) is 1. The lowest BCUT2D eigenvalue weighted by atomic mass is 9.78. The first-order valence-electron chi connectivity index (χ1n) is 10.6. The minimum absolute atomic E-state index is 0.184. The average molecular weight is 409 g/mol. The van der Waals surface area contributed by atoms with Gasteiger partial charge in [-0.1, -0.05) is 60.7 Å². The van der Waals surface area contributed by atoms with Gasteiger partial charge in [-0.2, -0.15) is 0 Å². The molecule has 4 heteroatoms. The Bertz CT molecular complexity index is 1190. The molecule has 1 heterocycles. The third kappa shape index (κ3) is 3.55. The molecule has 0 bridgehead atoms. The first kappa shape index (κ1) is 19.3. The van der Waals surface area contributed by atoms with Crippen molar-refractivity contribution < 1.29 is 9.53 Å². The zero-order chi connectivity index (χ0) is 21.3. The van der Waals surface area contributed by atoms with Crippen molar-refractivity contribution in [2.24, 2.45) is 0 Å². The van der Waals surface area contributed by atoms with Crippen molar-refractivity contribution in [1.82, 2.24) is 9.97 Å². The van der Waals surface area contributed by atoms with Gasteiger partial charge in [0.1, 0.15) is 5.75 Å². The fourth-order valence-electron chi connectivity index (χ4n) is 4.51. The maximum atomic E-state index is 12.6. The molecule has 4 nitrogen and oxygen atoms in total. The van der Waals surface area contributed by atoms with Crippen LogP contribution < -0.4 is 4.74 Å². The van der Waals surface area contributed by atoms with E-state index in [-0.39, 0.29) is 11.7 Å². The molecule has 2 atom stereocenters. The van der Waals surface area contributed by atoms with E-state index in [4.69, 9.17) is 4.74 Å². The van der Waals surface area contributed by atoms with Gasteiger partial charge in [-0.3, -0.25) is 4.79 Å². The van der Waals surface area contributed by atoms with E-state index in [0.29, 0.717) is 6.42 Å². The van der Waals surface area contributed by atoms with Gasteiger partial charge in [0, 0.05) is 35.9 Å². The van der Waals surface area contributed by atoms with E-state index in [2.05, 4.69) is 34.2 Å². The standard InChI is InChI=1S/C27H24N2O2/c1-27(26-28-16-17-29-26,20-10-6-3-7-11-20)31-21-12-13-23-24(18-21)22(14-15-25(23)30)19-8-4-2-5-9-19/h2-13,16-18,22H,14-15H2,1H3,(H,28,29). The first-order valence-corrected chi connectivity index (χ1v) is 10.6. The van der Waals surface area contributed by atoms with Crippen LogP contribution in [0.1, 0.15) is 58.6 Å². The molecule has 1 N–H and O–H groups in total. The molecule has 5 rings (SSSR count). The number of ketones is 1. The fraction of sp³-hybridized carbons (Fsp3) is 0.185. The zero-order valence-electron chi connectivity index (χ0n) is 17.4. The van der Waals surface area contributed by atoms with E-state index in [0.717, 1.165) is 34.7 Å². The van der Waals surface area contributed by atoms with Crippen LogP contribution >= 0.6 is 0 Å². The van der Waals surface area contributed by atoms with E-state index < -0.39 is 5.60 Å². The van der Waals surface area contributed by atoms with E-state index in [1.807, 2.05) is 61.5 Å². The van der Waals surface area contributed by atoms with Gasteiger partial charge < -0.3 is 9.72 Å². The molecule has 1 aliphatic rings. The number of carbonyl (C=O) groups is 1. The minimum atomic E-state index is -0.792. The average Bonchev–Trinajstić information content (AvgIpc) is 3.36. The second-order valence-corrected chi connectivity index (χ2v) is 8.11. The summed E-state index contributed by atoms with van der Waals surface area (Å²) in [6.07, 6.45) is 4.92. The third-order valence-corrected chi connectivity index (χ3v) is 6.16. The smallest absolute Gasteiger partial charge is 0.188 e. The Kier molecular flexibility index (Phi) is 4.91. The number of nitrogens with zero attached hydrogens (tertiary/aromatic N) is 1. The number of imidazole rings is 1. The van der Waals surface area contributed by atoms with Crippen molar-refractivity contribution in [2.75, 3.05) is 0 Å². The van der Waals surface area contributed by atoms with Gasteiger partial charge >= 0.3 is 0 Å². The normalized spacial score (nSPS) is 17.6. The number of aromatic amines is 1. The molecule has 0 spiro atoms. The van der Waals surface area contributed by atoms with Crippen LogP contribution in [0.15, 0.2) is 91.3 Å². The predicted molar refractivity (Wildman–Crippen MR) is 120 cm³/mol. The summed E-state index contributed by atoms with van der Waals surface area (Å²) >= 11 is 0. The molecule has 0 saturated carbocycles. The highest BCUT2D eigenvalue weighted by Crippen LogP contribution is 2.40. The van der Waals surface area contributed by atoms with Gasteiger partial charge in [-0.15, -0.1) is 0 Å². The Morgan fingerprint density at radius 1 is 1.00 bits per heavy atom. The van der Waals surface area contributed by atoms with E-state index >= 15 is 0 Å². The van der Waals surface area contributed by atoms with Crippen LogP contribution in [0.4, 0.5) is 0 Å². The quantitative estimate of drug-likeness (QED) is 0.450. The molecule has 3 aromatic carbocycles. The Hall–Kier alpha value is -3.66. The molecule has 2 unspecified atom stereocenters. The number of carbonyl (C=O) groups excluding carboxylic acids is 1. The Balaban J connectivity index is 1.57. The van der Waals surface area contributed by atoms with Crippen molar-refractivity contribution >= 4 is 5.78 Å². The topological polar surface area (TPSA) is 55.0 Å². The summed E-state index contributed by atoms with van der Waals surface area (Å²) in [6.45, 7) is 2.01. The molecule has 1 aromatic heterocycles. The molecule has 154 valence electrons. The highest BCUT2D eigenvalue weighted by Gasteiger charge is 2.35. The second-order valence-electron chi connectivity index (χ2n) is 8.11. The molecule has 4 aromatic rings. The van der Waals surface area contributed by atoms with Crippen LogP contribution in [0.2, 0.25) is 0 Å². The molecule has 0 amide bonds. The molecule has 0 aliphatic heterocycles. The molecule has 0 saturated heterocycles. The zero-order valence-corrected chi connectivity index (χ0v) is 17.4. The lowest BCUT2D eigenvalue weighted by molar-refractivity contribution is 0.0968. The number of H-pyrrole nitrogens is 1. The number of Topliss-reactive ketones (excluding diaryl/α,β-unsaturated/α-hetero) is 1. The van der Waals surface area contributed by atoms with Crippen LogP contribution in [0.25, 0.3) is 0 Å².